The standard InChI is InChI=1S/C12H21ClN4O/c1-4-11-15-10(13)9-12(16-11)14-5-6-17(2)7-8-18-3/h9H,4-8H2,1-3H3,(H,14,15,16). The van der Waals surface area contributed by atoms with E-state index in [-0.39, 0.29) is 0 Å². The van der Waals surface area contributed by atoms with Crippen molar-refractivity contribution in [2.75, 3.05) is 45.7 Å². The number of hydrogen-bond acceptors (Lipinski definition) is 5. The predicted molar refractivity (Wildman–Crippen MR) is 74.3 cm³/mol. The summed E-state index contributed by atoms with van der Waals surface area (Å²) in [5, 5.41) is 3.73. The molecular formula is C12H21ClN4O. The summed E-state index contributed by atoms with van der Waals surface area (Å²) in [5.41, 5.74) is 0. The molecule has 0 bridgehead atoms. The lowest BCUT2D eigenvalue weighted by Gasteiger charge is -2.16. The fourth-order valence-electron chi connectivity index (χ4n) is 1.45. The van der Waals surface area contributed by atoms with Gasteiger partial charge in [-0.15, -0.1) is 0 Å². The van der Waals surface area contributed by atoms with Gasteiger partial charge in [0, 0.05) is 39.2 Å². The van der Waals surface area contributed by atoms with Gasteiger partial charge < -0.3 is 15.0 Å². The second-order valence-electron chi connectivity index (χ2n) is 4.07. The van der Waals surface area contributed by atoms with Gasteiger partial charge in [0.05, 0.1) is 6.61 Å². The van der Waals surface area contributed by atoms with Gasteiger partial charge in [-0.1, -0.05) is 18.5 Å². The summed E-state index contributed by atoms with van der Waals surface area (Å²) in [4.78, 5) is 10.7. The minimum atomic E-state index is 0.483. The Morgan fingerprint density at radius 3 is 2.83 bits per heavy atom. The van der Waals surface area contributed by atoms with Crippen molar-refractivity contribution in [1.82, 2.24) is 14.9 Å². The molecule has 0 radical (unpaired) electrons. The number of nitrogens with one attached hydrogen (secondary N) is 1. The van der Waals surface area contributed by atoms with Gasteiger partial charge in [0.2, 0.25) is 0 Å². The van der Waals surface area contributed by atoms with Gasteiger partial charge in [-0.2, -0.15) is 0 Å². The van der Waals surface area contributed by atoms with Crippen LogP contribution >= 0.6 is 11.6 Å². The van der Waals surface area contributed by atoms with Crippen LogP contribution in [0, 0.1) is 0 Å². The number of nitrogens with zero attached hydrogens (tertiary/aromatic N) is 3. The van der Waals surface area contributed by atoms with E-state index in [0.717, 1.165) is 44.3 Å². The quantitative estimate of drug-likeness (QED) is 0.730. The summed E-state index contributed by atoms with van der Waals surface area (Å²) in [6.45, 7) is 5.41. The van der Waals surface area contributed by atoms with Gasteiger partial charge >= 0.3 is 0 Å². The fourth-order valence-corrected chi connectivity index (χ4v) is 1.65. The van der Waals surface area contributed by atoms with Crippen LogP contribution in [-0.4, -0.2) is 55.3 Å². The first kappa shape index (κ1) is 15.1. The van der Waals surface area contributed by atoms with Crippen molar-refractivity contribution in [1.29, 1.82) is 0 Å². The molecule has 0 aromatic carbocycles. The lowest BCUT2D eigenvalue weighted by molar-refractivity contribution is 0.163. The van der Waals surface area contributed by atoms with E-state index in [2.05, 4.69) is 27.2 Å². The average molecular weight is 273 g/mol. The van der Waals surface area contributed by atoms with Crippen molar-refractivity contribution in [2.24, 2.45) is 0 Å². The van der Waals surface area contributed by atoms with E-state index in [4.69, 9.17) is 16.3 Å². The number of methoxy groups -OCH3 is 1. The average Bonchev–Trinajstić information content (AvgIpc) is 2.35. The molecule has 0 amide bonds. The summed E-state index contributed by atoms with van der Waals surface area (Å²) in [6.07, 6.45) is 0.781. The van der Waals surface area contributed by atoms with Crippen LogP contribution in [0.5, 0.6) is 0 Å². The van der Waals surface area contributed by atoms with E-state index in [0.29, 0.717) is 5.15 Å². The second-order valence-corrected chi connectivity index (χ2v) is 4.46. The van der Waals surface area contributed by atoms with Crippen molar-refractivity contribution in [3.8, 4) is 0 Å². The number of likely N-dealkylation sites (N-methyl/N-ethyl adjacent to an activating group) is 1. The van der Waals surface area contributed by atoms with E-state index < -0.39 is 0 Å². The molecule has 0 fully saturated rings. The minimum Gasteiger partial charge on any atom is -0.383 e. The van der Waals surface area contributed by atoms with E-state index in [1.165, 1.54) is 0 Å². The van der Waals surface area contributed by atoms with Gasteiger partial charge in [-0.05, 0) is 7.05 Å². The molecule has 1 aromatic rings. The molecule has 102 valence electrons. The number of anilines is 1. The molecule has 0 unspecified atom stereocenters. The second kappa shape index (κ2) is 8.24. The van der Waals surface area contributed by atoms with Crippen LogP contribution in [0.15, 0.2) is 6.07 Å². The molecule has 18 heavy (non-hydrogen) atoms. The van der Waals surface area contributed by atoms with Gasteiger partial charge in [0.1, 0.15) is 16.8 Å². The highest BCUT2D eigenvalue weighted by Crippen LogP contribution is 2.11. The molecule has 0 saturated carbocycles. The Kier molecular flexibility index (Phi) is 6.93. The van der Waals surface area contributed by atoms with E-state index >= 15 is 0 Å². The highest BCUT2D eigenvalue weighted by molar-refractivity contribution is 6.29. The van der Waals surface area contributed by atoms with Gasteiger partial charge in [-0.25, -0.2) is 9.97 Å². The molecule has 6 heteroatoms. The zero-order chi connectivity index (χ0) is 13.4. The fraction of sp³-hybridized carbons (Fsp3) is 0.667. The minimum absolute atomic E-state index is 0.483. The van der Waals surface area contributed by atoms with Crippen LogP contribution < -0.4 is 5.32 Å². The molecule has 0 spiro atoms. The Labute approximate surface area is 114 Å². The van der Waals surface area contributed by atoms with Crippen LogP contribution in [0.4, 0.5) is 5.82 Å². The third-order valence-electron chi connectivity index (χ3n) is 2.53. The smallest absolute Gasteiger partial charge is 0.134 e. The highest BCUT2D eigenvalue weighted by Gasteiger charge is 2.02. The molecule has 1 heterocycles. The first-order chi connectivity index (χ1) is 8.65. The molecule has 1 rings (SSSR count). The lowest BCUT2D eigenvalue weighted by atomic mass is 10.4. The zero-order valence-electron chi connectivity index (χ0n) is 11.2. The Morgan fingerprint density at radius 1 is 1.39 bits per heavy atom. The van der Waals surface area contributed by atoms with E-state index in [9.17, 15) is 0 Å². The van der Waals surface area contributed by atoms with Crippen LogP contribution in [0.3, 0.4) is 0 Å². The zero-order valence-corrected chi connectivity index (χ0v) is 12.0. The molecule has 0 aliphatic rings. The van der Waals surface area contributed by atoms with Gasteiger partial charge in [0.25, 0.3) is 0 Å². The van der Waals surface area contributed by atoms with Crippen molar-refractivity contribution in [3.05, 3.63) is 17.0 Å². The third-order valence-corrected chi connectivity index (χ3v) is 2.73. The van der Waals surface area contributed by atoms with Crippen molar-refractivity contribution < 1.29 is 4.74 Å². The Hall–Kier alpha value is -0.910. The third kappa shape index (κ3) is 5.62. The predicted octanol–water partition coefficient (Wildman–Crippen LogP) is 1.68. The van der Waals surface area contributed by atoms with Crippen LogP contribution in [-0.2, 0) is 11.2 Å². The Bertz CT molecular complexity index is 362. The molecule has 0 aliphatic heterocycles. The van der Waals surface area contributed by atoms with Crippen LogP contribution in [0.1, 0.15) is 12.7 Å². The first-order valence-corrected chi connectivity index (χ1v) is 6.48. The molecule has 1 aromatic heterocycles. The number of hydrogen-bond donors (Lipinski definition) is 1. The highest BCUT2D eigenvalue weighted by atomic mass is 35.5. The van der Waals surface area contributed by atoms with Crippen LogP contribution in [0.2, 0.25) is 5.15 Å². The molecule has 0 saturated heterocycles. The first-order valence-electron chi connectivity index (χ1n) is 6.10. The Morgan fingerprint density at radius 2 is 2.17 bits per heavy atom. The molecular weight excluding hydrogens is 252 g/mol. The van der Waals surface area contributed by atoms with Crippen molar-refractivity contribution >= 4 is 17.4 Å². The molecule has 0 atom stereocenters. The maximum Gasteiger partial charge on any atom is 0.134 e. The summed E-state index contributed by atoms with van der Waals surface area (Å²) in [5.74, 6) is 1.55. The number of ether oxygens (including phenoxy) is 1. The van der Waals surface area contributed by atoms with E-state index in [1.54, 1.807) is 13.2 Å². The summed E-state index contributed by atoms with van der Waals surface area (Å²) < 4.78 is 5.02. The number of rotatable bonds is 8. The van der Waals surface area contributed by atoms with E-state index in [1.807, 2.05) is 6.92 Å². The van der Waals surface area contributed by atoms with Crippen LogP contribution in [0.25, 0.3) is 0 Å². The topological polar surface area (TPSA) is 50.3 Å². The SMILES string of the molecule is CCc1nc(Cl)cc(NCCN(C)CCOC)n1. The molecule has 0 aliphatic carbocycles. The van der Waals surface area contributed by atoms with Crippen molar-refractivity contribution in [2.45, 2.75) is 13.3 Å². The Balaban J connectivity index is 2.36. The maximum atomic E-state index is 5.92. The molecule has 5 nitrogen and oxygen atoms in total. The maximum absolute atomic E-state index is 5.92. The summed E-state index contributed by atoms with van der Waals surface area (Å²) in [6, 6.07) is 1.75. The summed E-state index contributed by atoms with van der Waals surface area (Å²) in [7, 11) is 3.77. The van der Waals surface area contributed by atoms with Gasteiger partial charge in [0.15, 0.2) is 0 Å². The largest absolute Gasteiger partial charge is 0.383 e. The number of aromatic nitrogens is 2. The van der Waals surface area contributed by atoms with Gasteiger partial charge in [-0.3, -0.25) is 0 Å². The monoisotopic (exact) mass is 272 g/mol. The lowest BCUT2D eigenvalue weighted by Crippen LogP contribution is -2.28. The number of halogens is 1. The van der Waals surface area contributed by atoms with Crippen molar-refractivity contribution in [3.63, 3.8) is 0 Å². The summed E-state index contributed by atoms with van der Waals surface area (Å²) >= 11 is 5.92. The normalized spacial score (nSPS) is 10.9. The number of aryl methyl sites for hydroxylation is 1. The molecule has 1 N–H and O–H groups in total.